The number of likely N-dealkylation sites (tertiary alicyclic amines) is 1. The van der Waals surface area contributed by atoms with Gasteiger partial charge in [0.05, 0.1) is 13.2 Å². The minimum atomic E-state index is -0.241. The van der Waals surface area contributed by atoms with Gasteiger partial charge in [-0.25, -0.2) is 4.79 Å². The molecular formula is C22H33N3O4. The van der Waals surface area contributed by atoms with Crippen LogP contribution in [0.15, 0.2) is 24.3 Å². The van der Waals surface area contributed by atoms with Crippen molar-refractivity contribution in [1.29, 1.82) is 0 Å². The Bertz CT molecular complexity index is 682. The Hall–Kier alpha value is -2.12. The lowest BCUT2D eigenvalue weighted by molar-refractivity contribution is -0.131. The van der Waals surface area contributed by atoms with Gasteiger partial charge in [-0.15, -0.1) is 0 Å². The molecule has 0 unspecified atom stereocenters. The Kier molecular flexibility index (Phi) is 7.50. The lowest BCUT2D eigenvalue weighted by atomic mass is 9.82. The number of nitrogens with one attached hydrogen (secondary N) is 2. The van der Waals surface area contributed by atoms with Crippen molar-refractivity contribution < 1.29 is 19.1 Å². The maximum atomic E-state index is 12.4. The summed E-state index contributed by atoms with van der Waals surface area (Å²) in [7, 11) is 0. The number of benzene rings is 1. The molecule has 3 amide bonds. The number of rotatable bonds is 8. The third-order valence-corrected chi connectivity index (χ3v) is 5.99. The van der Waals surface area contributed by atoms with E-state index in [-0.39, 0.29) is 23.6 Å². The van der Waals surface area contributed by atoms with Crippen LogP contribution in [0, 0.1) is 5.41 Å². The maximum Gasteiger partial charge on any atom is 0.319 e. The largest absolute Gasteiger partial charge is 0.350 e. The van der Waals surface area contributed by atoms with Gasteiger partial charge in [0.15, 0.2) is 6.29 Å². The lowest BCUT2D eigenvalue weighted by Crippen LogP contribution is -2.35. The molecule has 1 aromatic rings. The van der Waals surface area contributed by atoms with Crippen molar-refractivity contribution in [2.75, 3.05) is 38.2 Å². The molecule has 2 fully saturated rings. The van der Waals surface area contributed by atoms with E-state index in [1.807, 2.05) is 4.90 Å². The minimum absolute atomic E-state index is 0.0354. The number of anilines is 1. The molecule has 160 valence electrons. The van der Waals surface area contributed by atoms with Crippen LogP contribution in [-0.4, -0.2) is 56.0 Å². The van der Waals surface area contributed by atoms with E-state index in [9.17, 15) is 9.59 Å². The molecule has 0 saturated carbocycles. The van der Waals surface area contributed by atoms with Crippen LogP contribution in [0.4, 0.5) is 10.5 Å². The van der Waals surface area contributed by atoms with Crippen molar-refractivity contribution >= 4 is 17.6 Å². The Balaban J connectivity index is 1.39. The minimum Gasteiger partial charge on any atom is -0.350 e. The van der Waals surface area contributed by atoms with Crippen molar-refractivity contribution in [1.82, 2.24) is 10.2 Å². The molecule has 7 heteroatoms. The van der Waals surface area contributed by atoms with Crippen LogP contribution in [0.3, 0.4) is 0 Å². The van der Waals surface area contributed by atoms with Gasteiger partial charge in [0.25, 0.3) is 5.91 Å². The Morgan fingerprint density at radius 3 is 2.41 bits per heavy atom. The Labute approximate surface area is 173 Å². The first kappa shape index (κ1) is 21.6. The molecule has 29 heavy (non-hydrogen) atoms. The van der Waals surface area contributed by atoms with Crippen molar-refractivity contribution in [3.05, 3.63) is 29.8 Å². The quantitative estimate of drug-likeness (QED) is 0.650. The Morgan fingerprint density at radius 2 is 1.79 bits per heavy atom. The molecule has 0 aliphatic carbocycles. The first-order chi connectivity index (χ1) is 14.0. The summed E-state index contributed by atoms with van der Waals surface area (Å²) < 4.78 is 11.4. The highest BCUT2D eigenvalue weighted by atomic mass is 16.7. The van der Waals surface area contributed by atoms with Crippen molar-refractivity contribution in [3.63, 3.8) is 0 Å². The van der Waals surface area contributed by atoms with E-state index >= 15 is 0 Å². The van der Waals surface area contributed by atoms with Gasteiger partial charge < -0.3 is 25.0 Å². The zero-order valence-corrected chi connectivity index (χ0v) is 17.5. The lowest BCUT2D eigenvalue weighted by Gasteiger charge is -2.33. The van der Waals surface area contributed by atoms with E-state index in [0.717, 1.165) is 45.2 Å². The van der Waals surface area contributed by atoms with Crippen LogP contribution in [0.25, 0.3) is 0 Å². The number of hydrogen-bond donors (Lipinski definition) is 2. The van der Waals surface area contributed by atoms with E-state index in [2.05, 4.69) is 24.5 Å². The first-order valence-electron chi connectivity index (χ1n) is 10.7. The van der Waals surface area contributed by atoms with Gasteiger partial charge >= 0.3 is 6.03 Å². The second-order valence-corrected chi connectivity index (χ2v) is 8.14. The summed E-state index contributed by atoms with van der Waals surface area (Å²) in [5.41, 5.74) is 1.30. The smallest absolute Gasteiger partial charge is 0.319 e. The van der Waals surface area contributed by atoms with Gasteiger partial charge in [-0.2, -0.15) is 0 Å². The molecule has 7 nitrogen and oxygen atoms in total. The number of urea groups is 1. The summed E-state index contributed by atoms with van der Waals surface area (Å²) in [5.74, 6) is 0.0627. The molecule has 3 rings (SSSR count). The fraction of sp³-hybridized carbons (Fsp3) is 0.636. The topological polar surface area (TPSA) is 79.9 Å². The predicted octanol–water partition coefficient (Wildman–Crippen LogP) is 3.61. The Morgan fingerprint density at radius 1 is 1.14 bits per heavy atom. The number of carbonyl (C=O) groups excluding carboxylic acids is 2. The maximum absolute atomic E-state index is 12.4. The number of carbonyl (C=O) groups is 2. The van der Waals surface area contributed by atoms with Gasteiger partial charge in [-0.3, -0.25) is 4.79 Å². The molecule has 1 aromatic carbocycles. The molecule has 0 spiro atoms. The molecule has 0 radical (unpaired) electrons. The molecule has 1 atom stereocenters. The average Bonchev–Trinajstić information content (AvgIpc) is 3.45. The number of amides is 3. The highest BCUT2D eigenvalue weighted by Crippen LogP contribution is 2.35. The summed E-state index contributed by atoms with van der Waals surface area (Å²) >= 11 is 0. The van der Waals surface area contributed by atoms with E-state index in [1.165, 1.54) is 0 Å². The predicted molar refractivity (Wildman–Crippen MR) is 112 cm³/mol. The second-order valence-electron chi connectivity index (χ2n) is 8.14. The number of nitrogens with zero attached hydrogens (tertiary/aromatic N) is 1. The summed E-state index contributed by atoms with van der Waals surface area (Å²) in [6.07, 6.45) is 4.73. The monoisotopic (exact) mass is 403 g/mol. The zero-order valence-electron chi connectivity index (χ0n) is 17.5. The van der Waals surface area contributed by atoms with E-state index in [4.69, 9.17) is 9.47 Å². The summed E-state index contributed by atoms with van der Waals surface area (Å²) in [6.45, 7) is 7.87. The normalized spacial score (nSPS) is 19.2. The summed E-state index contributed by atoms with van der Waals surface area (Å²) in [5, 5.41) is 5.71. The van der Waals surface area contributed by atoms with Gasteiger partial charge in [-0.05, 0) is 56.4 Å². The van der Waals surface area contributed by atoms with Crippen molar-refractivity contribution in [2.45, 2.75) is 52.2 Å². The number of ether oxygens (including phenoxy) is 2. The van der Waals surface area contributed by atoms with Crippen molar-refractivity contribution in [2.24, 2.45) is 5.41 Å². The molecule has 2 aliphatic heterocycles. The molecule has 2 aliphatic rings. The molecule has 0 aromatic heterocycles. The standard InChI is InChI=1S/C22H33N3O4/c1-3-22(2,20-28-15-16-29-20)11-6-12-23-21(27)24-18-9-7-17(8-10-18)19(26)25-13-4-5-14-25/h7-10,20H,3-6,11-16H2,1-2H3,(H2,23,24,27)/t22-/m1/s1. The van der Waals surface area contributed by atoms with Gasteiger partial charge in [-0.1, -0.05) is 13.8 Å². The van der Waals surface area contributed by atoms with Crippen LogP contribution < -0.4 is 10.6 Å². The van der Waals surface area contributed by atoms with E-state index < -0.39 is 0 Å². The molecule has 0 bridgehead atoms. The first-order valence-corrected chi connectivity index (χ1v) is 10.7. The molecule has 2 saturated heterocycles. The highest BCUT2D eigenvalue weighted by Gasteiger charge is 2.36. The van der Waals surface area contributed by atoms with Gasteiger partial charge in [0.2, 0.25) is 0 Å². The van der Waals surface area contributed by atoms with Crippen LogP contribution in [0.5, 0.6) is 0 Å². The third-order valence-electron chi connectivity index (χ3n) is 5.99. The summed E-state index contributed by atoms with van der Waals surface area (Å²) in [4.78, 5) is 26.4. The van der Waals surface area contributed by atoms with Gasteiger partial charge in [0, 0.05) is 36.3 Å². The second kappa shape index (κ2) is 10.1. The van der Waals surface area contributed by atoms with Crippen LogP contribution >= 0.6 is 0 Å². The SMILES string of the molecule is CC[C@](C)(CCCNC(=O)Nc1ccc(C(=O)N2CCCC2)cc1)C1OCCO1. The third kappa shape index (κ3) is 5.70. The number of hydrogen-bond acceptors (Lipinski definition) is 4. The molecular weight excluding hydrogens is 370 g/mol. The fourth-order valence-corrected chi connectivity index (χ4v) is 3.89. The fourth-order valence-electron chi connectivity index (χ4n) is 3.89. The zero-order chi connectivity index (χ0) is 20.7. The highest BCUT2D eigenvalue weighted by molar-refractivity contribution is 5.95. The van der Waals surface area contributed by atoms with Crippen LogP contribution in [-0.2, 0) is 9.47 Å². The van der Waals surface area contributed by atoms with E-state index in [1.54, 1.807) is 24.3 Å². The molecule has 2 N–H and O–H groups in total. The average molecular weight is 404 g/mol. The van der Waals surface area contributed by atoms with Crippen molar-refractivity contribution in [3.8, 4) is 0 Å². The summed E-state index contributed by atoms with van der Waals surface area (Å²) in [6, 6.07) is 6.84. The molecule has 2 heterocycles. The van der Waals surface area contributed by atoms with Crippen LogP contribution in [0.2, 0.25) is 0 Å². The van der Waals surface area contributed by atoms with E-state index in [0.29, 0.717) is 31.0 Å². The van der Waals surface area contributed by atoms with Crippen LogP contribution in [0.1, 0.15) is 56.3 Å². The van der Waals surface area contributed by atoms with Gasteiger partial charge in [0.1, 0.15) is 0 Å².